The van der Waals surface area contributed by atoms with Crippen LogP contribution in [0.15, 0.2) is 132 Å². The molecule has 7 aliphatic rings. The lowest BCUT2D eigenvalue weighted by Gasteiger charge is -2.67. The molecular formula is C74H93N5O16. The van der Waals surface area contributed by atoms with E-state index in [1.165, 1.54) is 44.4 Å². The Labute approximate surface area is 556 Å². The predicted octanol–water partition coefficient (Wildman–Crippen LogP) is 6.56. The monoisotopic (exact) mass is 1310 g/mol. The first-order valence-electron chi connectivity index (χ1n) is 33.6. The number of Topliss-reactive ketones (excluding diaryl/α,β-unsaturated/α-hetero) is 1. The molecule has 21 nitrogen and oxygen atoms in total. The number of hydrogen-bond acceptors (Lipinski definition) is 18. The van der Waals surface area contributed by atoms with Crippen LogP contribution in [0.1, 0.15) is 144 Å². The van der Waals surface area contributed by atoms with E-state index in [9.17, 15) is 48.9 Å². The van der Waals surface area contributed by atoms with E-state index in [1.54, 1.807) is 99.8 Å². The fraction of sp³-hybridized carbons (Fsp3) is 0.541. The van der Waals surface area contributed by atoms with Gasteiger partial charge >= 0.3 is 23.9 Å². The summed E-state index contributed by atoms with van der Waals surface area (Å²) >= 11 is 0. The molecule has 21 heteroatoms. The van der Waals surface area contributed by atoms with E-state index < -0.39 is 113 Å². The van der Waals surface area contributed by atoms with Crippen LogP contribution in [0.3, 0.4) is 0 Å². The van der Waals surface area contributed by atoms with Gasteiger partial charge < -0.3 is 64.8 Å². The SMILES string of the molecule is CC(=O)O[C@H]1C(=O)[C@@]2(C)[C@H]([C@H](OC(=O)c3ccccc3)[C@]3(O)C[C@H](OC(=O)[C@H](O)[C@@H](NC(=O)c4ccccc4)c4ccccc4)C(C)=C1C3(C)C)[C@]1(OC(C)=O)CO[C@@H]1C[C@@H]2O.CNC(C)C(=O)NC(C(=O)N1CCC2CCN(CCc3ccccc3)CC21)C1CCCCC1. The maximum absolute atomic E-state index is 15.5. The molecule has 3 saturated carbocycles. The van der Waals surface area contributed by atoms with E-state index in [0.29, 0.717) is 11.5 Å². The van der Waals surface area contributed by atoms with Gasteiger partial charge in [0.15, 0.2) is 23.6 Å². The average Bonchev–Trinajstić information content (AvgIpc) is 1.67. The summed E-state index contributed by atoms with van der Waals surface area (Å²) in [7, 11) is 1.79. The molecule has 6 N–H and O–H groups in total. The van der Waals surface area contributed by atoms with Crippen LogP contribution in [0, 0.1) is 28.6 Å². The molecule has 3 heterocycles. The molecule has 15 atom stereocenters. The van der Waals surface area contributed by atoms with Gasteiger partial charge in [-0.05, 0) is 125 Å². The molecule has 0 spiro atoms. The highest BCUT2D eigenvalue weighted by Crippen LogP contribution is 2.64. The van der Waals surface area contributed by atoms with Crippen LogP contribution in [0.2, 0.25) is 0 Å². The first kappa shape index (κ1) is 70.1. The van der Waals surface area contributed by atoms with Crippen molar-refractivity contribution < 1.29 is 77.4 Å². The van der Waals surface area contributed by atoms with Crippen LogP contribution < -0.4 is 16.0 Å². The lowest BCUT2D eigenvalue weighted by atomic mass is 9.44. The maximum atomic E-state index is 15.5. The van der Waals surface area contributed by atoms with Gasteiger partial charge in [-0.1, -0.05) is 130 Å². The van der Waals surface area contributed by atoms with Crippen LogP contribution in [-0.4, -0.2) is 178 Å². The van der Waals surface area contributed by atoms with Crippen molar-refractivity contribution in [2.24, 2.45) is 28.6 Å². The van der Waals surface area contributed by atoms with Crippen LogP contribution >= 0.6 is 0 Å². The quantitative estimate of drug-likeness (QED) is 0.0349. The van der Waals surface area contributed by atoms with Gasteiger partial charge in [0, 0.05) is 63.3 Å². The molecular weight excluding hydrogens is 1210 g/mol. The third-order valence-corrected chi connectivity index (χ3v) is 21.8. The van der Waals surface area contributed by atoms with Gasteiger partial charge in [0.25, 0.3) is 5.91 Å². The van der Waals surface area contributed by atoms with E-state index in [-0.39, 0.29) is 71.2 Å². The zero-order chi connectivity index (χ0) is 68.1. The molecule has 4 unspecified atom stereocenters. The van der Waals surface area contributed by atoms with Crippen molar-refractivity contribution in [3.05, 3.63) is 155 Å². The van der Waals surface area contributed by atoms with Crippen molar-refractivity contribution in [1.29, 1.82) is 0 Å². The fourth-order valence-corrected chi connectivity index (χ4v) is 16.2. The second-order valence-corrected chi connectivity index (χ2v) is 27.7. The normalized spacial score (nSPS) is 29.8. The number of aliphatic hydroxyl groups excluding tert-OH is 2. The summed E-state index contributed by atoms with van der Waals surface area (Å²) < 4.78 is 30.3. The molecule has 0 aromatic heterocycles. The molecule has 2 bridgehead atoms. The number of fused-ring (bicyclic) bond motifs is 6. The lowest BCUT2D eigenvalue weighted by molar-refractivity contribution is -0.346. The van der Waals surface area contributed by atoms with Crippen molar-refractivity contribution in [2.75, 3.05) is 39.8 Å². The van der Waals surface area contributed by atoms with Crippen molar-refractivity contribution in [3.63, 3.8) is 0 Å². The van der Waals surface area contributed by atoms with Crippen molar-refractivity contribution in [1.82, 2.24) is 25.8 Å². The van der Waals surface area contributed by atoms with Gasteiger partial charge in [-0.15, -0.1) is 0 Å². The second-order valence-electron chi connectivity index (χ2n) is 27.7. The Morgan fingerprint density at radius 1 is 0.758 bits per heavy atom. The first-order valence-corrected chi connectivity index (χ1v) is 33.6. The molecule has 3 saturated heterocycles. The van der Waals surface area contributed by atoms with Gasteiger partial charge in [-0.25, -0.2) is 9.59 Å². The third-order valence-electron chi connectivity index (χ3n) is 21.8. The molecule has 3 aliphatic heterocycles. The number of rotatable bonds is 18. The highest BCUT2D eigenvalue weighted by molar-refractivity contribution is 5.96. The van der Waals surface area contributed by atoms with Crippen molar-refractivity contribution >= 4 is 47.4 Å². The summed E-state index contributed by atoms with van der Waals surface area (Å²) in [5.74, 6) is -5.88. The van der Waals surface area contributed by atoms with E-state index in [4.69, 9.17) is 23.7 Å². The molecule has 95 heavy (non-hydrogen) atoms. The Morgan fingerprint density at radius 3 is 1.97 bits per heavy atom. The van der Waals surface area contributed by atoms with Crippen LogP contribution in [0.4, 0.5) is 0 Å². The zero-order valence-electron chi connectivity index (χ0n) is 55.7. The van der Waals surface area contributed by atoms with Crippen LogP contribution in [0.5, 0.6) is 0 Å². The Morgan fingerprint density at radius 2 is 1.37 bits per heavy atom. The maximum Gasteiger partial charge on any atom is 0.338 e. The summed E-state index contributed by atoms with van der Waals surface area (Å²) in [5.41, 5.74) is -5.65. The number of ketones is 1. The number of nitrogens with one attached hydrogen (secondary N) is 3. The molecule has 4 aliphatic carbocycles. The molecule has 6 fully saturated rings. The van der Waals surface area contributed by atoms with Gasteiger partial charge in [0.05, 0.1) is 41.7 Å². The number of aliphatic hydroxyl groups is 3. The zero-order valence-corrected chi connectivity index (χ0v) is 55.7. The number of esters is 4. The molecule has 0 radical (unpaired) electrons. The minimum atomic E-state index is -2.39. The van der Waals surface area contributed by atoms with E-state index in [0.717, 1.165) is 78.6 Å². The topological polar surface area (TPSA) is 286 Å². The first-order chi connectivity index (χ1) is 45.3. The average molecular weight is 1310 g/mol. The number of piperidine rings is 1. The Hall–Kier alpha value is -7.66. The number of hydrogen-bond donors (Lipinski definition) is 6. The summed E-state index contributed by atoms with van der Waals surface area (Å²) in [6.07, 6.45) is -1.57. The highest BCUT2D eigenvalue weighted by atomic mass is 16.6. The number of carbonyl (C=O) groups is 8. The number of likely N-dealkylation sites (N-methyl/N-ethyl adjacent to an activating group) is 1. The number of ether oxygens (including phenoxy) is 5. The Bertz CT molecular complexity index is 3460. The molecule has 11 rings (SSSR count). The second kappa shape index (κ2) is 29.4. The third kappa shape index (κ3) is 14.1. The van der Waals surface area contributed by atoms with Crippen LogP contribution in [0.25, 0.3) is 0 Å². The highest BCUT2D eigenvalue weighted by Gasteiger charge is 2.78. The number of likely N-dealkylation sites (tertiary alicyclic amines) is 2. The van der Waals surface area contributed by atoms with Crippen molar-refractivity contribution in [3.8, 4) is 0 Å². The largest absolute Gasteiger partial charge is 0.456 e. The van der Waals surface area contributed by atoms with Gasteiger partial charge in [0.2, 0.25) is 11.8 Å². The van der Waals surface area contributed by atoms with Gasteiger partial charge in [0.1, 0.15) is 30.0 Å². The van der Waals surface area contributed by atoms with E-state index in [1.807, 2.05) is 6.92 Å². The fourth-order valence-electron chi connectivity index (χ4n) is 16.2. The summed E-state index contributed by atoms with van der Waals surface area (Å²) in [4.78, 5) is 115. The number of amides is 3. The number of benzene rings is 4. The number of carbonyl (C=O) groups excluding carboxylic acids is 8. The Kier molecular flexibility index (Phi) is 21.7. The summed E-state index contributed by atoms with van der Waals surface area (Å²) in [6, 6.07) is 33.2. The standard InChI is InChI=1S/C47H51NO14.C27H42N4O2/c1-25-31(60-43(56)36(52)35(28-16-10-7-11-17-28)48-41(54)29-18-12-8-13-19-29)23-47(57)40(61-42(55)30-20-14-9-15-21-30)38-45(6,32(51)22-33-46(38,24-58-33)62-27(3)50)39(53)37(59-26(2)49)34(25)44(47,4)5;1-20(28-2)26(32)29-25(23-11-7-4-8-12-23)27(33)31-18-15-22-14-17-30(19-24(22)31)16-13-21-9-5-3-6-10-21/h7-21,31-33,35-38,40,51-52,57H,22-24H2,1-6H3,(H,48,54);3,5-6,9-10,20,22-25,28H,4,7-8,11-19H2,1-2H3,(H,29,32)/t31-,32-,33+,35-,36+,37+,38-,40-,45+,46-,47+;/m0./s1. The molecule has 3 amide bonds. The predicted molar refractivity (Wildman–Crippen MR) is 350 cm³/mol. The number of nitrogens with zero attached hydrogens (tertiary/aromatic N) is 2. The van der Waals surface area contributed by atoms with E-state index in [2.05, 4.69) is 56.1 Å². The smallest absolute Gasteiger partial charge is 0.338 e. The molecule has 4 aromatic rings. The van der Waals surface area contributed by atoms with Gasteiger partial charge in [-0.2, -0.15) is 0 Å². The summed E-state index contributed by atoms with van der Waals surface area (Å²) in [6.45, 7) is 13.8. The van der Waals surface area contributed by atoms with E-state index >= 15 is 4.79 Å². The lowest BCUT2D eigenvalue weighted by Crippen LogP contribution is -2.82. The van der Waals surface area contributed by atoms with Gasteiger partial charge in [-0.3, -0.25) is 28.8 Å². The molecule has 4 aromatic carbocycles. The van der Waals surface area contributed by atoms with Crippen LogP contribution in [-0.2, 0) is 58.9 Å². The summed E-state index contributed by atoms with van der Waals surface area (Å²) in [5, 5.41) is 46.4. The minimum absolute atomic E-state index is 0.00289. The Balaban J connectivity index is 0.000000250. The molecule has 510 valence electrons. The van der Waals surface area contributed by atoms with Crippen molar-refractivity contribution in [2.45, 2.75) is 185 Å². The minimum Gasteiger partial charge on any atom is -0.456 e.